The standard InChI is InChI=1S/C6H10N4OS/c1-2-3-7-5(11)10-6-8-4-9-12-6/h4H,2-3H2,1H3,(H2,7,8,9,10,11). The summed E-state index contributed by atoms with van der Waals surface area (Å²) < 4.78 is 3.74. The molecule has 0 bridgehead atoms. The van der Waals surface area contributed by atoms with Crippen LogP contribution in [-0.2, 0) is 0 Å². The molecule has 0 radical (unpaired) electrons. The lowest BCUT2D eigenvalue weighted by Gasteiger charge is -2.01. The van der Waals surface area contributed by atoms with Crippen LogP contribution in [0.3, 0.4) is 0 Å². The first-order valence-corrected chi connectivity index (χ1v) is 4.41. The molecule has 6 heteroatoms. The van der Waals surface area contributed by atoms with Gasteiger partial charge in [-0.2, -0.15) is 4.37 Å². The predicted octanol–water partition coefficient (Wildman–Crippen LogP) is 1.07. The molecule has 0 saturated heterocycles. The van der Waals surface area contributed by atoms with Crippen LogP contribution < -0.4 is 10.6 Å². The molecule has 1 aromatic heterocycles. The first kappa shape index (κ1) is 8.92. The van der Waals surface area contributed by atoms with Crippen molar-refractivity contribution in [3.63, 3.8) is 0 Å². The Morgan fingerprint density at radius 2 is 2.58 bits per heavy atom. The van der Waals surface area contributed by atoms with Crippen LogP contribution in [0.15, 0.2) is 6.33 Å². The van der Waals surface area contributed by atoms with Gasteiger partial charge in [-0.25, -0.2) is 9.78 Å². The molecule has 5 nitrogen and oxygen atoms in total. The quantitative estimate of drug-likeness (QED) is 0.742. The molecule has 1 heterocycles. The molecule has 12 heavy (non-hydrogen) atoms. The van der Waals surface area contributed by atoms with Gasteiger partial charge in [0.25, 0.3) is 0 Å². The number of carbonyl (C=O) groups excluding carboxylic acids is 1. The van der Waals surface area contributed by atoms with Gasteiger partial charge < -0.3 is 5.32 Å². The maximum absolute atomic E-state index is 11.0. The highest BCUT2D eigenvalue weighted by atomic mass is 32.1. The van der Waals surface area contributed by atoms with E-state index < -0.39 is 0 Å². The van der Waals surface area contributed by atoms with Crippen LogP contribution in [0.2, 0.25) is 0 Å². The van der Waals surface area contributed by atoms with E-state index in [9.17, 15) is 4.79 Å². The van der Waals surface area contributed by atoms with Crippen molar-refractivity contribution >= 4 is 22.7 Å². The van der Waals surface area contributed by atoms with Gasteiger partial charge in [0.1, 0.15) is 6.33 Å². The third-order valence-electron chi connectivity index (χ3n) is 1.12. The van der Waals surface area contributed by atoms with E-state index in [1.165, 1.54) is 6.33 Å². The summed E-state index contributed by atoms with van der Waals surface area (Å²) in [4.78, 5) is 14.8. The molecule has 0 aliphatic carbocycles. The Morgan fingerprint density at radius 3 is 3.17 bits per heavy atom. The van der Waals surface area contributed by atoms with Crippen LogP contribution in [0.4, 0.5) is 9.93 Å². The van der Waals surface area contributed by atoms with Crippen molar-refractivity contribution in [3.05, 3.63) is 6.33 Å². The van der Waals surface area contributed by atoms with E-state index in [1.54, 1.807) is 0 Å². The van der Waals surface area contributed by atoms with Gasteiger partial charge in [-0.1, -0.05) is 6.92 Å². The zero-order chi connectivity index (χ0) is 8.81. The maximum Gasteiger partial charge on any atom is 0.321 e. The molecule has 2 amide bonds. The topological polar surface area (TPSA) is 66.9 Å². The Labute approximate surface area is 74.4 Å². The molecule has 0 fully saturated rings. The molecule has 0 aliphatic heterocycles. The third-order valence-corrected chi connectivity index (χ3v) is 1.70. The van der Waals surface area contributed by atoms with Gasteiger partial charge in [-0.15, -0.1) is 0 Å². The van der Waals surface area contributed by atoms with Crippen molar-refractivity contribution in [1.82, 2.24) is 14.7 Å². The average Bonchev–Trinajstić information content (AvgIpc) is 2.53. The third kappa shape index (κ3) is 2.83. The van der Waals surface area contributed by atoms with Crippen LogP contribution in [0.25, 0.3) is 0 Å². The van der Waals surface area contributed by atoms with Crippen molar-refractivity contribution in [2.75, 3.05) is 11.9 Å². The van der Waals surface area contributed by atoms with E-state index in [-0.39, 0.29) is 6.03 Å². The maximum atomic E-state index is 11.0. The monoisotopic (exact) mass is 186 g/mol. The normalized spacial score (nSPS) is 9.42. The second kappa shape index (κ2) is 4.66. The van der Waals surface area contributed by atoms with Gasteiger partial charge in [-0.05, 0) is 6.42 Å². The summed E-state index contributed by atoms with van der Waals surface area (Å²) in [7, 11) is 0. The fraction of sp³-hybridized carbons (Fsp3) is 0.500. The van der Waals surface area contributed by atoms with Gasteiger partial charge in [0, 0.05) is 18.1 Å². The number of amides is 2. The number of nitrogens with one attached hydrogen (secondary N) is 2. The summed E-state index contributed by atoms with van der Waals surface area (Å²) in [5.74, 6) is 0. The number of hydrogen-bond donors (Lipinski definition) is 2. The van der Waals surface area contributed by atoms with Crippen LogP contribution in [0, 0.1) is 0 Å². The number of hydrogen-bond acceptors (Lipinski definition) is 4. The van der Waals surface area contributed by atoms with Crippen molar-refractivity contribution < 1.29 is 4.79 Å². The molecule has 1 rings (SSSR count). The molecular weight excluding hydrogens is 176 g/mol. The number of anilines is 1. The molecule has 0 atom stereocenters. The van der Waals surface area contributed by atoms with Gasteiger partial charge in [0.05, 0.1) is 0 Å². The van der Waals surface area contributed by atoms with Crippen molar-refractivity contribution in [1.29, 1.82) is 0 Å². The van der Waals surface area contributed by atoms with Crippen molar-refractivity contribution in [2.24, 2.45) is 0 Å². The van der Waals surface area contributed by atoms with Crippen molar-refractivity contribution in [3.8, 4) is 0 Å². The van der Waals surface area contributed by atoms with E-state index in [2.05, 4.69) is 20.0 Å². The number of aromatic nitrogens is 2. The van der Waals surface area contributed by atoms with Gasteiger partial charge >= 0.3 is 6.03 Å². The molecule has 0 aromatic carbocycles. The molecule has 66 valence electrons. The molecule has 0 unspecified atom stereocenters. The molecular formula is C6H10N4OS. The van der Waals surface area contributed by atoms with Gasteiger partial charge in [0.2, 0.25) is 5.13 Å². The first-order valence-electron chi connectivity index (χ1n) is 3.64. The Kier molecular flexibility index (Phi) is 3.46. The summed E-state index contributed by atoms with van der Waals surface area (Å²) >= 11 is 1.15. The van der Waals surface area contributed by atoms with Gasteiger partial charge in [-0.3, -0.25) is 5.32 Å². The van der Waals surface area contributed by atoms with E-state index in [1.807, 2.05) is 6.92 Å². The summed E-state index contributed by atoms with van der Waals surface area (Å²) in [6, 6.07) is -0.228. The van der Waals surface area contributed by atoms with Crippen LogP contribution in [0.1, 0.15) is 13.3 Å². The Hall–Kier alpha value is -1.17. The highest BCUT2D eigenvalue weighted by Crippen LogP contribution is 2.05. The van der Waals surface area contributed by atoms with Crippen molar-refractivity contribution in [2.45, 2.75) is 13.3 Å². The fourth-order valence-corrected chi connectivity index (χ4v) is 1.03. The van der Waals surface area contributed by atoms with E-state index in [0.29, 0.717) is 11.7 Å². The minimum Gasteiger partial charge on any atom is -0.338 e. The second-order valence-corrected chi connectivity index (χ2v) is 2.91. The van der Waals surface area contributed by atoms with Crippen LogP contribution in [-0.4, -0.2) is 21.9 Å². The highest BCUT2D eigenvalue weighted by molar-refractivity contribution is 7.09. The summed E-state index contributed by atoms with van der Waals surface area (Å²) in [5, 5.41) is 5.73. The average molecular weight is 186 g/mol. The predicted molar refractivity (Wildman–Crippen MR) is 47.2 cm³/mol. The zero-order valence-electron chi connectivity index (χ0n) is 6.70. The van der Waals surface area contributed by atoms with Gasteiger partial charge in [0.15, 0.2) is 0 Å². The lowest BCUT2D eigenvalue weighted by atomic mass is 10.5. The molecule has 2 N–H and O–H groups in total. The lowest BCUT2D eigenvalue weighted by Crippen LogP contribution is -2.29. The Bertz CT molecular complexity index is 236. The lowest BCUT2D eigenvalue weighted by molar-refractivity contribution is 0.252. The second-order valence-electron chi connectivity index (χ2n) is 2.13. The number of rotatable bonds is 3. The summed E-state index contributed by atoms with van der Waals surface area (Å²) in [6.07, 6.45) is 2.32. The SMILES string of the molecule is CCCNC(=O)Nc1ncns1. The van der Waals surface area contributed by atoms with E-state index >= 15 is 0 Å². The minimum absolute atomic E-state index is 0.228. The first-order chi connectivity index (χ1) is 5.83. The summed E-state index contributed by atoms with van der Waals surface area (Å²) in [5.41, 5.74) is 0. The minimum atomic E-state index is -0.228. The largest absolute Gasteiger partial charge is 0.338 e. The zero-order valence-corrected chi connectivity index (χ0v) is 7.52. The molecule has 1 aromatic rings. The molecule has 0 saturated carbocycles. The van der Waals surface area contributed by atoms with Crippen LogP contribution in [0.5, 0.6) is 0 Å². The number of nitrogens with zero attached hydrogens (tertiary/aromatic N) is 2. The smallest absolute Gasteiger partial charge is 0.321 e. The fourth-order valence-electron chi connectivity index (χ4n) is 0.608. The number of urea groups is 1. The number of carbonyl (C=O) groups is 1. The molecule has 0 spiro atoms. The Morgan fingerprint density at radius 1 is 1.75 bits per heavy atom. The Balaban J connectivity index is 2.27. The van der Waals surface area contributed by atoms with Crippen LogP contribution >= 0.6 is 11.5 Å². The van der Waals surface area contributed by atoms with E-state index in [4.69, 9.17) is 0 Å². The molecule has 0 aliphatic rings. The highest BCUT2D eigenvalue weighted by Gasteiger charge is 2.01. The summed E-state index contributed by atoms with van der Waals surface area (Å²) in [6.45, 7) is 2.66. The van der Waals surface area contributed by atoms with E-state index in [0.717, 1.165) is 18.0 Å².